The van der Waals surface area contributed by atoms with Gasteiger partial charge in [-0.15, -0.1) is 0 Å². The highest BCUT2D eigenvalue weighted by Crippen LogP contribution is 2.43. The molecule has 2 rings (SSSR count). The van der Waals surface area contributed by atoms with E-state index in [1.54, 1.807) is 0 Å². The smallest absolute Gasteiger partial charge is 0.0576 e. The van der Waals surface area contributed by atoms with Gasteiger partial charge in [-0.25, -0.2) is 0 Å². The molecule has 2 aliphatic carbocycles. The first kappa shape index (κ1) is 6.89. The van der Waals surface area contributed by atoms with Gasteiger partial charge in [-0.2, -0.15) is 0 Å². The Morgan fingerprint density at radius 2 is 2.27 bits per heavy atom. The summed E-state index contributed by atoms with van der Waals surface area (Å²) in [5.41, 5.74) is 0.904. The molecule has 0 radical (unpaired) electrons. The summed E-state index contributed by atoms with van der Waals surface area (Å²) in [5, 5.41) is 11.9. The molecular weight excluding hydrogens is 138 g/mol. The lowest BCUT2D eigenvalue weighted by atomic mass is 9.90. The van der Waals surface area contributed by atoms with Crippen molar-refractivity contribution in [1.82, 2.24) is 0 Å². The van der Waals surface area contributed by atoms with Crippen LogP contribution in [-0.4, -0.2) is 10.9 Å². The highest BCUT2D eigenvalue weighted by Gasteiger charge is 2.37. The van der Waals surface area contributed by atoms with Gasteiger partial charge in [0.1, 0.15) is 0 Å². The van der Waals surface area contributed by atoms with Crippen molar-refractivity contribution in [1.29, 1.82) is 0 Å². The van der Waals surface area contributed by atoms with E-state index in [9.17, 15) is 0 Å². The molecule has 2 nitrogen and oxygen atoms in total. The van der Waals surface area contributed by atoms with Crippen LogP contribution in [0.3, 0.4) is 0 Å². The zero-order valence-electron chi connectivity index (χ0n) is 6.70. The highest BCUT2D eigenvalue weighted by molar-refractivity contribution is 5.84. The number of nitrogens with zero attached hydrogens (tertiary/aromatic N) is 1. The molecule has 0 aromatic heterocycles. The van der Waals surface area contributed by atoms with Gasteiger partial charge in [0.15, 0.2) is 0 Å². The number of hydrogen-bond donors (Lipinski definition) is 1. The highest BCUT2D eigenvalue weighted by atomic mass is 16.4. The Hall–Kier alpha value is -0.790. The second kappa shape index (κ2) is 2.36. The van der Waals surface area contributed by atoms with Crippen LogP contribution in [0.25, 0.3) is 0 Å². The molecule has 0 spiro atoms. The molecule has 3 atom stereocenters. The van der Waals surface area contributed by atoms with E-state index in [0.29, 0.717) is 11.8 Å². The van der Waals surface area contributed by atoms with Crippen molar-refractivity contribution < 1.29 is 5.21 Å². The molecule has 2 bridgehead atoms. The van der Waals surface area contributed by atoms with Crippen molar-refractivity contribution in [3.8, 4) is 0 Å². The van der Waals surface area contributed by atoms with Crippen molar-refractivity contribution in [2.45, 2.75) is 19.8 Å². The van der Waals surface area contributed by atoms with Crippen molar-refractivity contribution >= 4 is 5.71 Å². The minimum Gasteiger partial charge on any atom is -0.411 e. The van der Waals surface area contributed by atoms with Gasteiger partial charge in [-0.3, -0.25) is 0 Å². The molecule has 2 heteroatoms. The van der Waals surface area contributed by atoms with Gasteiger partial charge in [0, 0.05) is 5.92 Å². The summed E-state index contributed by atoms with van der Waals surface area (Å²) in [4.78, 5) is 0. The fourth-order valence-corrected chi connectivity index (χ4v) is 2.34. The molecule has 2 aliphatic rings. The van der Waals surface area contributed by atoms with Gasteiger partial charge in [0.05, 0.1) is 5.71 Å². The van der Waals surface area contributed by atoms with E-state index >= 15 is 0 Å². The third-order valence-electron chi connectivity index (χ3n) is 2.97. The van der Waals surface area contributed by atoms with Crippen LogP contribution in [0.4, 0.5) is 0 Å². The van der Waals surface area contributed by atoms with Crippen LogP contribution in [0.15, 0.2) is 17.3 Å². The topological polar surface area (TPSA) is 32.6 Å². The molecule has 0 aromatic carbocycles. The van der Waals surface area contributed by atoms with Gasteiger partial charge in [0.2, 0.25) is 0 Å². The quantitative estimate of drug-likeness (QED) is 0.264. The van der Waals surface area contributed by atoms with E-state index < -0.39 is 0 Å². The van der Waals surface area contributed by atoms with Crippen molar-refractivity contribution in [2.24, 2.45) is 22.9 Å². The Bertz CT molecular complexity index is 220. The van der Waals surface area contributed by atoms with E-state index in [-0.39, 0.29) is 0 Å². The van der Waals surface area contributed by atoms with Gasteiger partial charge >= 0.3 is 0 Å². The second-order valence-corrected chi connectivity index (χ2v) is 3.63. The molecule has 1 saturated carbocycles. The van der Waals surface area contributed by atoms with Crippen LogP contribution < -0.4 is 0 Å². The predicted molar refractivity (Wildman–Crippen MR) is 43.7 cm³/mol. The zero-order chi connectivity index (χ0) is 7.84. The fourth-order valence-electron chi connectivity index (χ4n) is 2.34. The summed E-state index contributed by atoms with van der Waals surface area (Å²) in [5.74, 6) is 1.95. The third kappa shape index (κ3) is 0.971. The maximum absolute atomic E-state index is 8.59. The number of fused-ring (bicyclic) bond motifs is 2. The summed E-state index contributed by atoms with van der Waals surface area (Å²) in [6.45, 7) is 1.92. The monoisotopic (exact) mass is 151 g/mol. The molecule has 0 amide bonds. The average molecular weight is 151 g/mol. The summed E-state index contributed by atoms with van der Waals surface area (Å²) < 4.78 is 0. The second-order valence-electron chi connectivity index (χ2n) is 3.63. The van der Waals surface area contributed by atoms with E-state index in [4.69, 9.17) is 5.21 Å². The Balaban J connectivity index is 2.14. The molecule has 11 heavy (non-hydrogen) atoms. The molecular formula is C9H13NO. The number of oxime groups is 1. The van der Waals surface area contributed by atoms with E-state index in [2.05, 4.69) is 17.3 Å². The van der Waals surface area contributed by atoms with Crippen LogP contribution >= 0.6 is 0 Å². The summed E-state index contributed by atoms with van der Waals surface area (Å²) in [6.07, 6.45) is 7.04. The first-order valence-electron chi connectivity index (χ1n) is 4.18. The lowest BCUT2D eigenvalue weighted by Gasteiger charge is -2.15. The lowest BCUT2D eigenvalue weighted by Crippen LogP contribution is -2.15. The van der Waals surface area contributed by atoms with Crippen LogP contribution in [0.5, 0.6) is 0 Å². The fraction of sp³-hybridized carbons (Fsp3) is 0.667. The van der Waals surface area contributed by atoms with E-state index in [1.165, 1.54) is 12.8 Å². The third-order valence-corrected chi connectivity index (χ3v) is 2.97. The molecule has 0 heterocycles. The van der Waals surface area contributed by atoms with E-state index in [1.807, 2.05) is 6.92 Å². The largest absolute Gasteiger partial charge is 0.411 e. The van der Waals surface area contributed by atoms with Gasteiger partial charge in [-0.05, 0) is 31.6 Å². The van der Waals surface area contributed by atoms with Crippen LogP contribution in [0.1, 0.15) is 19.8 Å². The van der Waals surface area contributed by atoms with Crippen LogP contribution in [-0.2, 0) is 0 Å². The minimum atomic E-state index is 0.523. The molecule has 60 valence electrons. The average Bonchev–Trinajstić information content (AvgIpc) is 2.62. The van der Waals surface area contributed by atoms with Crippen LogP contribution in [0, 0.1) is 17.8 Å². The zero-order valence-corrected chi connectivity index (χ0v) is 6.70. The SMILES string of the molecule is C/C(=N\O)[C@@H]1C[C@H]2C=C[C@@H]1C2. The minimum absolute atomic E-state index is 0.523. The molecule has 0 unspecified atom stereocenters. The Morgan fingerprint density at radius 3 is 2.73 bits per heavy atom. The molecule has 0 aromatic rings. The van der Waals surface area contributed by atoms with Gasteiger partial charge in [-0.1, -0.05) is 17.3 Å². The molecule has 0 saturated heterocycles. The predicted octanol–water partition coefficient (Wildman–Crippen LogP) is 2.05. The van der Waals surface area contributed by atoms with Gasteiger partial charge in [0.25, 0.3) is 0 Å². The Morgan fingerprint density at radius 1 is 1.45 bits per heavy atom. The number of allylic oxidation sites excluding steroid dienone is 2. The van der Waals surface area contributed by atoms with E-state index in [0.717, 1.165) is 11.6 Å². The normalized spacial score (nSPS) is 41.9. The molecule has 1 fully saturated rings. The maximum atomic E-state index is 8.59. The number of rotatable bonds is 1. The first-order valence-corrected chi connectivity index (χ1v) is 4.18. The molecule has 1 N–H and O–H groups in total. The van der Waals surface area contributed by atoms with Crippen molar-refractivity contribution in [2.75, 3.05) is 0 Å². The standard InChI is InChI=1S/C9H13NO/c1-6(10-11)9-5-7-2-3-8(9)4-7/h2-3,7-9,11H,4-5H2,1H3/b10-6+/t7-,8+,9-/m0/s1. The Kier molecular flexibility index (Phi) is 1.48. The lowest BCUT2D eigenvalue weighted by molar-refractivity contribution is 0.312. The summed E-state index contributed by atoms with van der Waals surface area (Å²) in [6, 6.07) is 0. The van der Waals surface area contributed by atoms with Crippen molar-refractivity contribution in [3.63, 3.8) is 0 Å². The summed E-state index contributed by atoms with van der Waals surface area (Å²) >= 11 is 0. The van der Waals surface area contributed by atoms with Crippen molar-refractivity contribution in [3.05, 3.63) is 12.2 Å². The Labute approximate surface area is 66.6 Å². The van der Waals surface area contributed by atoms with Crippen LogP contribution in [0.2, 0.25) is 0 Å². The first-order chi connectivity index (χ1) is 5.31. The maximum Gasteiger partial charge on any atom is 0.0576 e. The van der Waals surface area contributed by atoms with Gasteiger partial charge < -0.3 is 5.21 Å². The summed E-state index contributed by atoms with van der Waals surface area (Å²) in [7, 11) is 0. The number of hydrogen-bond acceptors (Lipinski definition) is 2. The molecule has 0 aliphatic heterocycles.